The van der Waals surface area contributed by atoms with Gasteiger partial charge >= 0.3 is 0 Å². The second-order valence-corrected chi connectivity index (χ2v) is 6.16. The van der Waals surface area contributed by atoms with E-state index in [2.05, 4.69) is 17.1 Å². The Kier molecular flexibility index (Phi) is 4.62. The van der Waals surface area contributed by atoms with Crippen molar-refractivity contribution in [2.45, 2.75) is 39.0 Å². The van der Waals surface area contributed by atoms with Crippen LogP contribution in [0.4, 0.5) is 0 Å². The monoisotopic (exact) mass is 253 g/mol. The van der Waals surface area contributed by atoms with Gasteiger partial charge in [0, 0.05) is 13.1 Å². The Morgan fingerprint density at radius 1 is 1.39 bits per heavy atom. The van der Waals surface area contributed by atoms with Gasteiger partial charge in [0.1, 0.15) is 0 Å². The van der Waals surface area contributed by atoms with E-state index in [0.29, 0.717) is 12.5 Å². The summed E-state index contributed by atoms with van der Waals surface area (Å²) in [6, 6.07) is 0. The molecule has 4 heteroatoms. The molecule has 1 saturated heterocycles. The van der Waals surface area contributed by atoms with Crippen LogP contribution >= 0.6 is 0 Å². The van der Waals surface area contributed by atoms with E-state index < -0.39 is 0 Å². The van der Waals surface area contributed by atoms with Gasteiger partial charge in [0.15, 0.2) is 0 Å². The van der Waals surface area contributed by atoms with Crippen LogP contribution in [-0.2, 0) is 4.79 Å². The summed E-state index contributed by atoms with van der Waals surface area (Å²) in [6.07, 6.45) is 5.64. The van der Waals surface area contributed by atoms with Gasteiger partial charge in [-0.05, 0) is 57.7 Å². The number of amides is 1. The third kappa shape index (κ3) is 3.04. The first-order valence-corrected chi connectivity index (χ1v) is 7.37. The lowest BCUT2D eigenvalue weighted by Gasteiger charge is -2.44. The first kappa shape index (κ1) is 13.8. The molecule has 0 atom stereocenters. The van der Waals surface area contributed by atoms with E-state index in [4.69, 9.17) is 5.73 Å². The summed E-state index contributed by atoms with van der Waals surface area (Å²) in [7, 11) is 0. The highest BCUT2D eigenvalue weighted by atomic mass is 16.2. The molecular weight excluding hydrogens is 226 g/mol. The van der Waals surface area contributed by atoms with Crippen LogP contribution < -0.4 is 11.1 Å². The number of rotatable bonds is 6. The van der Waals surface area contributed by atoms with E-state index in [1.165, 1.54) is 25.9 Å². The van der Waals surface area contributed by atoms with Crippen LogP contribution in [-0.4, -0.2) is 43.5 Å². The molecule has 0 unspecified atom stereocenters. The Bertz CT molecular complexity index is 281. The normalized spacial score (nSPS) is 32.2. The van der Waals surface area contributed by atoms with Crippen molar-refractivity contribution < 1.29 is 4.79 Å². The highest BCUT2D eigenvalue weighted by molar-refractivity contribution is 5.83. The maximum atomic E-state index is 12.1. The third-order valence-corrected chi connectivity index (χ3v) is 4.49. The Labute approximate surface area is 110 Å². The highest BCUT2D eigenvalue weighted by Gasteiger charge is 2.46. The zero-order valence-corrected chi connectivity index (χ0v) is 11.6. The fourth-order valence-corrected chi connectivity index (χ4v) is 3.42. The minimum Gasteiger partial charge on any atom is -0.356 e. The van der Waals surface area contributed by atoms with Gasteiger partial charge in [0.2, 0.25) is 5.91 Å². The second kappa shape index (κ2) is 6.02. The first-order valence-electron chi connectivity index (χ1n) is 7.37. The van der Waals surface area contributed by atoms with Crippen molar-refractivity contribution in [3.05, 3.63) is 0 Å². The molecule has 104 valence electrons. The molecule has 0 aromatic carbocycles. The van der Waals surface area contributed by atoms with E-state index >= 15 is 0 Å². The summed E-state index contributed by atoms with van der Waals surface area (Å²) in [5.41, 5.74) is 5.52. The molecule has 4 nitrogen and oxygen atoms in total. The molecule has 0 aromatic heterocycles. The fourth-order valence-electron chi connectivity index (χ4n) is 3.42. The van der Waals surface area contributed by atoms with Gasteiger partial charge in [-0.2, -0.15) is 0 Å². The standard InChI is InChI=1S/C14H27N3O/c1-12-9-14(10-12,11-15)13(18)16-5-4-8-17-6-2-3-7-17/h12H,2-11,15H2,1H3,(H,16,18). The van der Waals surface area contributed by atoms with Crippen LogP contribution in [0.2, 0.25) is 0 Å². The topological polar surface area (TPSA) is 58.4 Å². The van der Waals surface area contributed by atoms with Crippen molar-refractivity contribution in [3.8, 4) is 0 Å². The molecule has 2 fully saturated rings. The van der Waals surface area contributed by atoms with Crippen LogP contribution in [0.3, 0.4) is 0 Å². The van der Waals surface area contributed by atoms with Crippen molar-refractivity contribution in [1.29, 1.82) is 0 Å². The Hall–Kier alpha value is -0.610. The molecule has 18 heavy (non-hydrogen) atoms. The van der Waals surface area contributed by atoms with E-state index in [-0.39, 0.29) is 11.3 Å². The molecule has 1 heterocycles. The van der Waals surface area contributed by atoms with Crippen LogP contribution in [0.25, 0.3) is 0 Å². The molecule has 1 aliphatic heterocycles. The Morgan fingerprint density at radius 3 is 2.61 bits per heavy atom. The summed E-state index contributed by atoms with van der Waals surface area (Å²) in [5, 5.41) is 3.08. The zero-order valence-electron chi connectivity index (χ0n) is 11.6. The minimum absolute atomic E-state index is 0.185. The average molecular weight is 253 g/mol. The summed E-state index contributed by atoms with van der Waals surface area (Å²) in [6.45, 7) is 7.07. The number of nitrogens with zero attached hydrogens (tertiary/aromatic N) is 1. The fraction of sp³-hybridized carbons (Fsp3) is 0.929. The summed E-state index contributed by atoms with van der Waals surface area (Å²) in [4.78, 5) is 14.6. The van der Waals surface area contributed by atoms with Crippen LogP contribution in [0.5, 0.6) is 0 Å². The second-order valence-electron chi connectivity index (χ2n) is 6.16. The number of nitrogens with two attached hydrogens (primary N) is 1. The lowest BCUT2D eigenvalue weighted by atomic mass is 9.62. The highest BCUT2D eigenvalue weighted by Crippen LogP contribution is 2.44. The maximum absolute atomic E-state index is 12.1. The van der Waals surface area contributed by atoms with Gasteiger partial charge in [-0.1, -0.05) is 6.92 Å². The number of carbonyl (C=O) groups is 1. The molecule has 1 amide bonds. The molecule has 2 aliphatic rings. The first-order chi connectivity index (χ1) is 8.66. The molecular formula is C14H27N3O. The van der Waals surface area contributed by atoms with Crippen molar-refractivity contribution in [2.24, 2.45) is 17.1 Å². The molecule has 2 rings (SSSR count). The molecule has 0 bridgehead atoms. The lowest BCUT2D eigenvalue weighted by molar-refractivity contribution is -0.138. The van der Waals surface area contributed by atoms with Gasteiger partial charge in [-0.15, -0.1) is 0 Å². The van der Waals surface area contributed by atoms with Crippen molar-refractivity contribution in [1.82, 2.24) is 10.2 Å². The Balaban J connectivity index is 1.62. The average Bonchev–Trinajstić information content (AvgIpc) is 2.83. The zero-order chi connectivity index (χ0) is 13.0. The number of likely N-dealkylation sites (tertiary alicyclic amines) is 1. The van der Waals surface area contributed by atoms with E-state index in [9.17, 15) is 4.79 Å². The molecule has 0 spiro atoms. The van der Waals surface area contributed by atoms with Gasteiger partial charge in [0.05, 0.1) is 5.41 Å². The van der Waals surface area contributed by atoms with Crippen LogP contribution in [0.15, 0.2) is 0 Å². The maximum Gasteiger partial charge on any atom is 0.227 e. The number of hydrogen-bond donors (Lipinski definition) is 2. The van der Waals surface area contributed by atoms with E-state index in [1.54, 1.807) is 0 Å². The van der Waals surface area contributed by atoms with Gasteiger partial charge in [-0.3, -0.25) is 4.79 Å². The van der Waals surface area contributed by atoms with Gasteiger partial charge in [-0.25, -0.2) is 0 Å². The van der Waals surface area contributed by atoms with Crippen LogP contribution in [0, 0.1) is 11.3 Å². The summed E-state index contributed by atoms with van der Waals surface area (Å²) >= 11 is 0. The molecule has 0 aromatic rings. The van der Waals surface area contributed by atoms with E-state index in [1.807, 2.05) is 0 Å². The third-order valence-electron chi connectivity index (χ3n) is 4.49. The minimum atomic E-state index is -0.243. The largest absolute Gasteiger partial charge is 0.356 e. The van der Waals surface area contributed by atoms with Gasteiger partial charge < -0.3 is 16.0 Å². The van der Waals surface area contributed by atoms with E-state index in [0.717, 1.165) is 32.4 Å². The summed E-state index contributed by atoms with van der Waals surface area (Å²) < 4.78 is 0. The van der Waals surface area contributed by atoms with Crippen molar-refractivity contribution in [3.63, 3.8) is 0 Å². The predicted octanol–water partition coefficient (Wildman–Crippen LogP) is 0.964. The number of nitrogens with one attached hydrogen (secondary N) is 1. The predicted molar refractivity (Wildman–Crippen MR) is 73.2 cm³/mol. The Morgan fingerprint density at radius 2 is 2.06 bits per heavy atom. The molecule has 1 saturated carbocycles. The molecule has 0 radical (unpaired) electrons. The molecule has 1 aliphatic carbocycles. The molecule has 3 N–H and O–H groups in total. The van der Waals surface area contributed by atoms with Crippen molar-refractivity contribution in [2.75, 3.05) is 32.7 Å². The quantitative estimate of drug-likeness (QED) is 0.693. The smallest absolute Gasteiger partial charge is 0.227 e. The number of carbonyl (C=O) groups excluding carboxylic acids is 1. The lowest BCUT2D eigenvalue weighted by Crippen LogP contribution is -2.53. The number of hydrogen-bond acceptors (Lipinski definition) is 3. The van der Waals surface area contributed by atoms with Crippen molar-refractivity contribution >= 4 is 5.91 Å². The van der Waals surface area contributed by atoms with Crippen LogP contribution in [0.1, 0.15) is 39.0 Å². The SMILES string of the molecule is CC1CC(CN)(C(=O)NCCCN2CCCC2)C1. The van der Waals surface area contributed by atoms with Gasteiger partial charge in [0.25, 0.3) is 0 Å². The summed E-state index contributed by atoms with van der Waals surface area (Å²) in [5.74, 6) is 0.841.